The van der Waals surface area contributed by atoms with E-state index < -0.39 is 36.3 Å². The summed E-state index contributed by atoms with van der Waals surface area (Å²) in [4.78, 5) is 52.0. The quantitative estimate of drug-likeness (QED) is 0.220. The zero-order chi connectivity index (χ0) is 24.4. The van der Waals surface area contributed by atoms with Crippen molar-refractivity contribution in [2.45, 2.75) is 26.3 Å². The number of esters is 1. The van der Waals surface area contributed by atoms with Gasteiger partial charge in [-0.15, -0.1) is 0 Å². The van der Waals surface area contributed by atoms with Crippen molar-refractivity contribution in [1.82, 2.24) is 4.90 Å². The maximum Gasteiger partial charge on any atom is 0.329 e. The molecule has 33 heavy (non-hydrogen) atoms. The van der Waals surface area contributed by atoms with Crippen LogP contribution in [-0.2, 0) is 14.3 Å². The number of anilines is 1. The minimum Gasteiger partial charge on any atom is -0.454 e. The van der Waals surface area contributed by atoms with Crippen LogP contribution in [0.2, 0.25) is 20.1 Å². The fourth-order valence-electron chi connectivity index (χ4n) is 3.35. The number of carbonyl (C=O) groups excluding carboxylic acids is 4. The molecule has 0 radical (unpaired) electrons. The molecule has 0 bridgehead atoms. The molecule has 7 nitrogen and oxygen atoms in total. The first-order valence-corrected chi connectivity index (χ1v) is 11.3. The van der Waals surface area contributed by atoms with Crippen molar-refractivity contribution in [3.05, 3.63) is 61.5 Å². The number of fused-ring (bicyclic) bond motifs is 1. The zero-order valence-electron chi connectivity index (χ0n) is 17.5. The Morgan fingerprint density at radius 1 is 0.909 bits per heavy atom. The monoisotopic (exact) mass is 530 g/mol. The molecule has 11 heteroatoms. The second-order valence-corrected chi connectivity index (χ2v) is 9.17. The minimum atomic E-state index is -1.31. The predicted octanol–water partition coefficient (Wildman–Crippen LogP) is 5.49. The lowest BCUT2D eigenvalue weighted by atomic mass is 10.0. The van der Waals surface area contributed by atoms with E-state index >= 15 is 0 Å². The lowest BCUT2D eigenvalue weighted by molar-refractivity contribution is -0.151. The number of nitrogens with zero attached hydrogens (tertiary/aromatic N) is 1. The Balaban J connectivity index is 1.84. The Bertz CT molecular complexity index is 1090. The number of rotatable bonds is 7. The number of para-hydroxylation sites is 1. The van der Waals surface area contributed by atoms with Crippen LogP contribution in [-0.4, -0.2) is 41.2 Å². The van der Waals surface area contributed by atoms with E-state index in [1.807, 2.05) is 0 Å². The van der Waals surface area contributed by atoms with Gasteiger partial charge in [0.05, 0.1) is 31.2 Å². The summed E-state index contributed by atoms with van der Waals surface area (Å²) >= 11 is 24.4. The number of ether oxygens (including phenoxy) is 1. The fourth-order valence-corrected chi connectivity index (χ4v) is 4.37. The van der Waals surface area contributed by atoms with Crippen LogP contribution in [0.25, 0.3) is 0 Å². The van der Waals surface area contributed by atoms with Crippen LogP contribution in [0.3, 0.4) is 0 Å². The Kier molecular flexibility index (Phi) is 7.90. The predicted molar refractivity (Wildman–Crippen MR) is 126 cm³/mol. The SMILES string of the molecule is CC(C)C[C@@H](C(=O)OCC(=O)Nc1ccccc1)N1C(=O)c2c(Cl)c(Cl)c(Cl)c(Cl)c2C1=O. The fraction of sp³-hybridized carbons (Fsp3) is 0.273. The largest absolute Gasteiger partial charge is 0.454 e. The molecule has 1 heterocycles. The number of benzene rings is 2. The maximum absolute atomic E-state index is 13.1. The third-order valence-corrected chi connectivity index (χ3v) is 6.62. The number of imide groups is 1. The molecule has 0 fully saturated rings. The topological polar surface area (TPSA) is 92.8 Å². The number of hydrogen-bond acceptors (Lipinski definition) is 5. The molecule has 0 unspecified atom stereocenters. The van der Waals surface area contributed by atoms with E-state index in [1.165, 1.54) is 0 Å². The van der Waals surface area contributed by atoms with Gasteiger partial charge in [-0.3, -0.25) is 19.3 Å². The van der Waals surface area contributed by atoms with Gasteiger partial charge >= 0.3 is 5.97 Å². The zero-order valence-corrected chi connectivity index (χ0v) is 20.5. The van der Waals surface area contributed by atoms with Crippen molar-refractivity contribution in [3.8, 4) is 0 Å². The van der Waals surface area contributed by atoms with Gasteiger partial charge in [-0.1, -0.05) is 78.5 Å². The molecular formula is C22H18Cl4N2O5. The van der Waals surface area contributed by atoms with Crippen molar-refractivity contribution in [3.63, 3.8) is 0 Å². The van der Waals surface area contributed by atoms with E-state index in [0.29, 0.717) is 5.69 Å². The average molecular weight is 532 g/mol. The van der Waals surface area contributed by atoms with Gasteiger partial charge in [-0.25, -0.2) is 4.79 Å². The summed E-state index contributed by atoms with van der Waals surface area (Å²) in [5.74, 6) is -3.31. The number of nitrogens with one attached hydrogen (secondary N) is 1. The molecule has 3 rings (SSSR count). The van der Waals surface area contributed by atoms with E-state index in [0.717, 1.165) is 4.90 Å². The molecule has 1 aliphatic heterocycles. The van der Waals surface area contributed by atoms with Gasteiger partial charge in [0.25, 0.3) is 17.7 Å². The first-order chi connectivity index (χ1) is 15.5. The molecule has 0 aliphatic carbocycles. The highest BCUT2D eigenvalue weighted by Gasteiger charge is 2.47. The van der Waals surface area contributed by atoms with Crippen molar-refractivity contribution >= 4 is 75.8 Å². The van der Waals surface area contributed by atoms with Gasteiger partial charge in [-0.2, -0.15) is 0 Å². The lowest BCUT2D eigenvalue weighted by Crippen LogP contribution is -2.47. The van der Waals surface area contributed by atoms with Crippen LogP contribution >= 0.6 is 46.4 Å². The number of amides is 3. The van der Waals surface area contributed by atoms with Crippen LogP contribution in [0.5, 0.6) is 0 Å². The number of hydrogen-bond donors (Lipinski definition) is 1. The Labute approximate surface area is 209 Å². The molecule has 174 valence electrons. The van der Waals surface area contributed by atoms with E-state index in [1.54, 1.807) is 44.2 Å². The van der Waals surface area contributed by atoms with Crippen LogP contribution in [0.15, 0.2) is 30.3 Å². The van der Waals surface area contributed by atoms with E-state index in [2.05, 4.69) is 5.32 Å². The van der Waals surface area contributed by atoms with Gasteiger partial charge in [0, 0.05) is 5.69 Å². The average Bonchev–Trinajstić information content (AvgIpc) is 3.03. The van der Waals surface area contributed by atoms with Gasteiger partial charge < -0.3 is 10.1 Å². The highest BCUT2D eigenvalue weighted by atomic mass is 35.5. The number of carbonyl (C=O) groups is 4. The molecule has 1 atom stereocenters. The molecule has 0 aromatic heterocycles. The van der Waals surface area contributed by atoms with Crippen molar-refractivity contribution in [2.75, 3.05) is 11.9 Å². The summed E-state index contributed by atoms with van der Waals surface area (Å²) < 4.78 is 5.14. The van der Waals surface area contributed by atoms with Gasteiger partial charge in [0.1, 0.15) is 6.04 Å². The van der Waals surface area contributed by atoms with Crippen molar-refractivity contribution in [1.29, 1.82) is 0 Å². The summed E-state index contributed by atoms with van der Waals surface area (Å²) in [7, 11) is 0. The molecule has 3 amide bonds. The van der Waals surface area contributed by atoms with Crippen molar-refractivity contribution < 1.29 is 23.9 Å². The van der Waals surface area contributed by atoms with Crippen LogP contribution in [0.4, 0.5) is 5.69 Å². The summed E-state index contributed by atoms with van der Waals surface area (Å²) in [6, 6.07) is 7.28. The Hall–Kier alpha value is -2.32. The molecule has 0 saturated heterocycles. The molecule has 0 saturated carbocycles. The van der Waals surface area contributed by atoms with Crippen molar-refractivity contribution in [2.24, 2.45) is 5.92 Å². The van der Waals surface area contributed by atoms with Crippen LogP contribution in [0.1, 0.15) is 41.0 Å². The highest BCUT2D eigenvalue weighted by Crippen LogP contribution is 2.45. The molecule has 1 aliphatic rings. The lowest BCUT2D eigenvalue weighted by Gasteiger charge is -2.25. The highest BCUT2D eigenvalue weighted by molar-refractivity contribution is 6.55. The molecule has 0 spiro atoms. The van der Waals surface area contributed by atoms with Crippen LogP contribution < -0.4 is 5.32 Å². The van der Waals surface area contributed by atoms with Gasteiger partial charge in [0.15, 0.2) is 6.61 Å². The third kappa shape index (κ3) is 5.11. The molecule has 2 aromatic rings. The smallest absolute Gasteiger partial charge is 0.329 e. The summed E-state index contributed by atoms with van der Waals surface area (Å²) in [6.07, 6.45) is 0.0846. The summed E-state index contributed by atoms with van der Waals surface area (Å²) in [5, 5.41) is 1.76. The minimum absolute atomic E-state index is 0.0846. The van der Waals surface area contributed by atoms with Gasteiger partial charge in [0.2, 0.25) is 0 Å². The molecular weight excluding hydrogens is 514 g/mol. The maximum atomic E-state index is 13.1. The second-order valence-electron chi connectivity index (χ2n) is 7.65. The first kappa shape index (κ1) is 25.3. The Morgan fingerprint density at radius 2 is 1.42 bits per heavy atom. The van der Waals surface area contributed by atoms with E-state index in [4.69, 9.17) is 51.1 Å². The van der Waals surface area contributed by atoms with E-state index in [-0.39, 0.29) is 43.6 Å². The third-order valence-electron chi connectivity index (χ3n) is 4.81. The number of halogens is 4. The summed E-state index contributed by atoms with van der Waals surface area (Å²) in [6.45, 7) is 2.99. The molecule has 1 N–H and O–H groups in total. The van der Waals surface area contributed by atoms with Crippen LogP contribution in [0, 0.1) is 5.92 Å². The standard InChI is InChI=1S/C22H18Cl4N2O5/c1-10(2)8-12(22(32)33-9-13(29)27-11-6-4-3-5-7-11)28-20(30)14-15(21(28)31)17(24)19(26)18(25)16(14)23/h3-7,10,12H,8-9H2,1-2H3,(H,27,29)/t12-/m0/s1. The summed E-state index contributed by atoms with van der Waals surface area (Å²) in [5.41, 5.74) is 0.0598. The van der Waals surface area contributed by atoms with E-state index in [9.17, 15) is 19.2 Å². The first-order valence-electron chi connectivity index (χ1n) is 9.79. The molecule has 2 aromatic carbocycles. The Morgan fingerprint density at radius 3 is 1.91 bits per heavy atom. The van der Waals surface area contributed by atoms with Gasteiger partial charge in [-0.05, 0) is 24.5 Å². The normalized spacial score (nSPS) is 13.8. The second kappa shape index (κ2) is 10.3.